The van der Waals surface area contributed by atoms with E-state index in [-0.39, 0.29) is 0 Å². The topological polar surface area (TPSA) is 17.1 Å². The molecule has 0 aliphatic heterocycles. The summed E-state index contributed by atoms with van der Waals surface area (Å²) >= 11 is 9.83. The first-order chi connectivity index (χ1) is 6.37. The summed E-state index contributed by atoms with van der Waals surface area (Å²) in [7, 11) is 0. The lowest BCUT2D eigenvalue weighted by Gasteiger charge is -2.04. The van der Waals surface area contributed by atoms with Crippen LogP contribution in [-0.4, -0.2) is 5.24 Å². The van der Waals surface area contributed by atoms with Gasteiger partial charge in [-0.3, -0.25) is 4.79 Å². The van der Waals surface area contributed by atoms with Crippen molar-refractivity contribution in [2.75, 3.05) is 0 Å². The molecule has 1 aromatic carbocycles. The number of hydrogen-bond acceptors (Lipinski definition) is 1. The Morgan fingerprint density at radius 1 is 0.929 bits per heavy atom. The Bertz CT molecular complexity index is 390. The molecule has 0 N–H and O–H groups in total. The molecular formula is C7Cl2F4O. The van der Waals surface area contributed by atoms with Gasteiger partial charge in [0.1, 0.15) is 0 Å². The van der Waals surface area contributed by atoms with Crippen molar-refractivity contribution < 1.29 is 22.4 Å². The van der Waals surface area contributed by atoms with Gasteiger partial charge in [-0.2, -0.15) is 0 Å². The molecule has 0 aliphatic carbocycles. The van der Waals surface area contributed by atoms with Crippen LogP contribution in [0.3, 0.4) is 0 Å². The monoisotopic (exact) mass is 246 g/mol. The highest BCUT2D eigenvalue weighted by atomic mass is 35.5. The lowest BCUT2D eigenvalue weighted by molar-refractivity contribution is 0.107. The minimum absolute atomic E-state index is 1.18. The van der Waals surface area contributed by atoms with Crippen LogP contribution in [0.1, 0.15) is 10.4 Å². The number of carbonyl (C=O) groups is 1. The molecule has 0 heterocycles. The quantitative estimate of drug-likeness (QED) is 0.322. The summed E-state index contributed by atoms with van der Waals surface area (Å²) in [6.07, 6.45) is 0. The van der Waals surface area contributed by atoms with Gasteiger partial charge in [0.2, 0.25) is 0 Å². The summed E-state index contributed by atoms with van der Waals surface area (Å²) in [5.74, 6) is -7.98. The first-order valence-corrected chi connectivity index (χ1v) is 3.84. The summed E-state index contributed by atoms with van der Waals surface area (Å²) in [5.41, 5.74) is -1.22. The van der Waals surface area contributed by atoms with E-state index in [0.29, 0.717) is 0 Å². The van der Waals surface area contributed by atoms with Crippen LogP contribution in [0.25, 0.3) is 0 Å². The first kappa shape index (κ1) is 11.3. The molecule has 0 atom stereocenters. The molecular weight excluding hydrogens is 247 g/mol. The van der Waals surface area contributed by atoms with Gasteiger partial charge in [-0.25, -0.2) is 17.6 Å². The highest BCUT2D eigenvalue weighted by Gasteiger charge is 2.27. The molecule has 76 valence electrons. The average Bonchev–Trinajstić information content (AvgIpc) is 2.11. The zero-order valence-electron chi connectivity index (χ0n) is 6.18. The Labute approximate surface area is 85.2 Å². The fraction of sp³-hybridized carbons (Fsp3) is 0. The maximum Gasteiger partial charge on any atom is 0.257 e. The Morgan fingerprint density at radius 3 is 1.79 bits per heavy atom. The minimum atomic E-state index is -2.13. The molecule has 14 heavy (non-hydrogen) atoms. The lowest BCUT2D eigenvalue weighted by atomic mass is 10.2. The number of halogens is 6. The third-order valence-corrected chi connectivity index (χ3v) is 1.95. The van der Waals surface area contributed by atoms with Gasteiger partial charge < -0.3 is 0 Å². The Kier molecular flexibility index (Phi) is 3.01. The van der Waals surface area contributed by atoms with Crippen LogP contribution < -0.4 is 0 Å². The lowest BCUT2D eigenvalue weighted by Crippen LogP contribution is -2.05. The normalized spacial score (nSPS) is 10.4. The van der Waals surface area contributed by atoms with Gasteiger partial charge in [0, 0.05) is 0 Å². The summed E-state index contributed by atoms with van der Waals surface area (Å²) in [6.45, 7) is 0. The molecule has 0 radical (unpaired) electrons. The SMILES string of the molecule is O=C(Cl)c1c(F)c(F)c(F)c(F)c1Cl. The van der Waals surface area contributed by atoms with Crippen molar-refractivity contribution in [3.05, 3.63) is 33.9 Å². The molecule has 1 rings (SSSR count). The van der Waals surface area contributed by atoms with E-state index < -0.39 is 39.1 Å². The van der Waals surface area contributed by atoms with Gasteiger partial charge in [0.25, 0.3) is 5.24 Å². The third-order valence-electron chi connectivity index (χ3n) is 1.41. The number of rotatable bonds is 1. The second-order valence-electron chi connectivity index (χ2n) is 2.22. The van der Waals surface area contributed by atoms with Crippen LogP contribution in [0.2, 0.25) is 5.02 Å². The van der Waals surface area contributed by atoms with E-state index in [1.807, 2.05) is 0 Å². The van der Waals surface area contributed by atoms with Crippen LogP contribution in [0.4, 0.5) is 17.6 Å². The molecule has 1 aromatic rings. The van der Waals surface area contributed by atoms with E-state index in [2.05, 4.69) is 0 Å². The summed E-state index contributed by atoms with van der Waals surface area (Å²) < 4.78 is 50.5. The van der Waals surface area contributed by atoms with E-state index in [1.165, 1.54) is 0 Å². The van der Waals surface area contributed by atoms with Crippen LogP contribution in [0.5, 0.6) is 0 Å². The largest absolute Gasteiger partial charge is 0.275 e. The maximum absolute atomic E-state index is 12.8. The van der Waals surface area contributed by atoms with E-state index in [4.69, 9.17) is 23.2 Å². The van der Waals surface area contributed by atoms with Crippen LogP contribution in [0.15, 0.2) is 0 Å². The molecule has 0 bridgehead atoms. The predicted octanol–water partition coefficient (Wildman–Crippen LogP) is 3.28. The molecule has 0 fully saturated rings. The van der Waals surface area contributed by atoms with Gasteiger partial charge in [0.05, 0.1) is 10.6 Å². The zero-order chi connectivity index (χ0) is 11.0. The van der Waals surface area contributed by atoms with Crippen LogP contribution >= 0.6 is 23.2 Å². The Morgan fingerprint density at radius 2 is 1.36 bits per heavy atom. The van der Waals surface area contributed by atoms with Gasteiger partial charge in [-0.05, 0) is 11.6 Å². The van der Waals surface area contributed by atoms with Crippen molar-refractivity contribution in [1.82, 2.24) is 0 Å². The molecule has 0 aromatic heterocycles. The van der Waals surface area contributed by atoms with Crippen molar-refractivity contribution in [1.29, 1.82) is 0 Å². The third kappa shape index (κ3) is 1.57. The van der Waals surface area contributed by atoms with Crippen LogP contribution in [0, 0.1) is 23.3 Å². The summed E-state index contributed by atoms with van der Waals surface area (Å²) in [6, 6.07) is 0. The second kappa shape index (κ2) is 3.74. The van der Waals surface area contributed by atoms with E-state index in [1.54, 1.807) is 0 Å². The predicted molar refractivity (Wildman–Crippen MR) is 41.5 cm³/mol. The highest BCUT2D eigenvalue weighted by Crippen LogP contribution is 2.29. The van der Waals surface area contributed by atoms with E-state index >= 15 is 0 Å². The zero-order valence-corrected chi connectivity index (χ0v) is 7.69. The molecule has 1 nitrogen and oxygen atoms in total. The Balaban J connectivity index is 3.68. The van der Waals surface area contributed by atoms with E-state index in [9.17, 15) is 22.4 Å². The standard InChI is InChI=1S/C7Cl2F4O/c8-2-1(7(9)14)3(10)5(12)6(13)4(2)11. The van der Waals surface area contributed by atoms with Gasteiger partial charge >= 0.3 is 0 Å². The molecule has 7 heteroatoms. The second-order valence-corrected chi connectivity index (χ2v) is 2.94. The molecule has 0 aliphatic rings. The van der Waals surface area contributed by atoms with Gasteiger partial charge in [0.15, 0.2) is 23.3 Å². The summed E-state index contributed by atoms with van der Waals surface area (Å²) in [4.78, 5) is 10.5. The fourth-order valence-corrected chi connectivity index (χ4v) is 1.26. The van der Waals surface area contributed by atoms with Crippen molar-refractivity contribution >= 4 is 28.4 Å². The molecule has 0 unspecified atom stereocenters. The smallest absolute Gasteiger partial charge is 0.257 e. The van der Waals surface area contributed by atoms with E-state index in [0.717, 1.165) is 0 Å². The molecule has 0 saturated heterocycles. The van der Waals surface area contributed by atoms with Crippen molar-refractivity contribution in [3.8, 4) is 0 Å². The molecule has 0 spiro atoms. The number of benzene rings is 1. The fourth-order valence-electron chi connectivity index (χ4n) is 0.777. The van der Waals surface area contributed by atoms with Crippen molar-refractivity contribution in [2.45, 2.75) is 0 Å². The minimum Gasteiger partial charge on any atom is -0.275 e. The maximum atomic E-state index is 12.8. The van der Waals surface area contributed by atoms with Crippen molar-refractivity contribution in [3.63, 3.8) is 0 Å². The highest BCUT2D eigenvalue weighted by molar-refractivity contribution is 6.68. The Hall–Kier alpha value is -0.810. The average molecular weight is 247 g/mol. The van der Waals surface area contributed by atoms with Crippen LogP contribution in [-0.2, 0) is 0 Å². The van der Waals surface area contributed by atoms with Crippen molar-refractivity contribution in [2.24, 2.45) is 0 Å². The first-order valence-electron chi connectivity index (χ1n) is 3.09. The van der Waals surface area contributed by atoms with Gasteiger partial charge in [-0.15, -0.1) is 0 Å². The summed E-state index contributed by atoms with van der Waals surface area (Å²) in [5, 5.41) is -2.69. The number of carbonyl (C=O) groups excluding carboxylic acids is 1. The number of hydrogen-bond donors (Lipinski definition) is 0. The molecule has 0 saturated carbocycles. The molecule has 0 amide bonds. The van der Waals surface area contributed by atoms with Gasteiger partial charge in [-0.1, -0.05) is 11.6 Å².